The Morgan fingerprint density at radius 1 is 1.55 bits per heavy atom. The van der Waals surface area contributed by atoms with E-state index in [9.17, 15) is 13.6 Å². The minimum atomic E-state index is -1.81. The standard InChI is InChI=1S/C8H8F2O/c1-5-3-7(11)6(9)4-8(5,2)10/h3-4H,1-2H3. The molecule has 0 amide bonds. The lowest BCUT2D eigenvalue weighted by Crippen LogP contribution is -2.22. The summed E-state index contributed by atoms with van der Waals surface area (Å²) in [6, 6.07) is 0. The molecule has 0 fully saturated rings. The van der Waals surface area contributed by atoms with Gasteiger partial charge in [0.2, 0.25) is 5.78 Å². The summed E-state index contributed by atoms with van der Waals surface area (Å²) in [6.07, 6.45) is 1.68. The van der Waals surface area contributed by atoms with Crippen molar-refractivity contribution in [3.8, 4) is 0 Å². The molecule has 1 rings (SSSR count). The van der Waals surface area contributed by atoms with E-state index in [0.29, 0.717) is 6.08 Å². The zero-order valence-corrected chi connectivity index (χ0v) is 6.32. The van der Waals surface area contributed by atoms with Crippen molar-refractivity contribution in [1.82, 2.24) is 0 Å². The van der Waals surface area contributed by atoms with E-state index in [1.807, 2.05) is 0 Å². The van der Waals surface area contributed by atoms with Crippen LogP contribution >= 0.6 is 0 Å². The first-order valence-electron chi connectivity index (χ1n) is 3.24. The Morgan fingerprint density at radius 3 is 2.55 bits per heavy atom. The Labute approximate surface area is 63.4 Å². The predicted octanol–water partition coefficient (Wildman–Crippen LogP) is 2.10. The van der Waals surface area contributed by atoms with E-state index in [0.717, 1.165) is 6.08 Å². The molecule has 1 nitrogen and oxygen atoms in total. The number of halogens is 2. The van der Waals surface area contributed by atoms with E-state index in [2.05, 4.69) is 0 Å². The van der Waals surface area contributed by atoms with Crippen molar-refractivity contribution in [3.63, 3.8) is 0 Å². The minimum Gasteiger partial charge on any atom is -0.287 e. The third-order valence-corrected chi connectivity index (χ3v) is 1.75. The van der Waals surface area contributed by atoms with Gasteiger partial charge in [-0.25, -0.2) is 8.78 Å². The molecular weight excluding hydrogens is 150 g/mol. The summed E-state index contributed by atoms with van der Waals surface area (Å²) in [6.45, 7) is 2.67. The molecule has 0 bridgehead atoms. The second-order valence-electron chi connectivity index (χ2n) is 2.76. The van der Waals surface area contributed by atoms with Crippen LogP contribution in [0.2, 0.25) is 0 Å². The molecule has 60 valence electrons. The van der Waals surface area contributed by atoms with Gasteiger partial charge in [-0.2, -0.15) is 0 Å². The average Bonchev–Trinajstić information content (AvgIpc) is 1.83. The number of ketones is 1. The highest BCUT2D eigenvalue weighted by molar-refractivity contribution is 6.04. The topological polar surface area (TPSA) is 17.1 Å². The maximum absolute atomic E-state index is 13.2. The fraction of sp³-hybridized carbons (Fsp3) is 0.375. The Kier molecular flexibility index (Phi) is 1.66. The lowest BCUT2D eigenvalue weighted by atomic mass is 9.92. The number of alkyl halides is 1. The van der Waals surface area contributed by atoms with Crippen LogP contribution in [-0.2, 0) is 4.79 Å². The van der Waals surface area contributed by atoms with E-state index < -0.39 is 17.3 Å². The molecule has 0 aromatic heterocycles. The first-order valence-corrected chi connectivity index (χ1v) is 3.24. The van der Waals surface area contributed by atoms with Crippen molar-refractivity contribution in [2.45, 2.75) is 19.5 Å². The summed E-state index contributed by atoms with van der Waals surface area (Å²) in [7, 11) is 0. The zero-order chi connectivity index (χ0) is 8.65. The van der Waals surface area contributed by atoms with E-state index in [1.165, 1.54) is 13.8 Å². The van der Waals surface area contributed by atoms with Gasteiger partial charge in [0.1, 0.15) is 0 Å². The molecule has 0 heterocycles. The van der Waals surface area contributed by atoms with Crippen LogP contribution in [0.15, 0.2) is 23.6 Å². The van der Waals surface area contributed by atoms with Gasteiger partial charge in [-0.3, -0.25) is 4.79 Å². The fourth-order valence-electron chi connectivity index (χ4n) is 0.830. The molecule has 0 N–H and O–H groups in total. The maximum Gasteiger partial charge on any atom is 0.214 e. The molecule has 0 aliphatic heterocycles. The molecule has 1 aliphatic rings. The minimum absolute atomic E-state index is 0.240. The third kappa shape index (κ3) is 1.37. The van der Waals surface area contributed by atoms with Crippen LogP contribution in [0, 0.1) is 0 Å². The fourth-order valence-corrected chi connectivity index (χ4v) is 0.830. The molecule has 0 spiro atoms. The summed E-state index contributed by atoms with van der Waals surface area (Å²) in [5, 5.41) is 0. The normalized spacial score (nSPS) is 31.5. The Hall–Kier alpha value is -0.990. The number of hydrogen-bond acceptors (Lipinski definition) is 1. The van der Waals surface area contributed by atoms with Gasteiger partial charge >= 0.3 is 0 Å². The number of carbonyl (C=O) groups excluding carboxylic acids is 1. The second kappa shape index (κ2) is 2.26. The van der Waals surface area contributed by atoms with Crippen molar-refractivity contribution < 1.29 is 13.6 Å². The molecule has 3 heteroatoms. The van der Waals surface area contributed by atoms with Crippen molar-refractivity contribution in [3.05, 3.63) is 23.6 Å². The quantitative estimate of drug-likeness (QED) is 0.527. The molecule has 0 aromatic carbocycles. The smallest absolute Gasteiger partial charge is 0.214 e. The van der Waals surface area contributed by atoms with Gasteiger partial charge in [-0.15, -0.1) is 0 Å². The van der Waals surface area contributed by atoms with Gasteiger partial charge in [0.15, 0.2) is 11.5 Å². The van der Waals surface area contributed by atoms with Gasteiger partial charge in [-0.05, 0) is 31.6 Å². The van der Waals surface area contributed by atoms with Crippen molar-refractivity contribution in [2.24, 2.45) is 0 Å². The molecule has 0 radical (unpaired) electrons. The molecule has 1 atom stereocenters. The summed E-state index contributed by atoms with van der Waals surface area (Å²) in [5.41, 5.74) is -1.57. The van der Waals surface area contributed by atoms with Gasteiger partial charge in [0.05, 0.1) is 0 Å². The predicted molar refractivity (Wildman–Crippen MR) is 37.5 cm³/mol. The van der Waals surface area contributed by atoms with E-state index in [1.54, 1.807) is 0 Å². The first-order chi connectivity index (χ1) is 4.93. The van der Waals surface area contributed by atoms with Crippen molar-refractivity contribution in [1.29, 1.82) is 0 Å². The average molecular weight is 158 g/mol. The number of carbonyl (C=O) groups is 1. The summed E-state index contributed by atoms with van der Waals surface area (Å²) < 4.78 is 25.6. The second-order valence-corrected chi connectivity index (χ2v) is 2.76. The van der Waals surface area contributed by atoms with Crippen LogP contribution in [0.3, 0.4) is 0 Å². The monoisotopic (exact) mass is 158 g/mol. The lowest BCUT2D eigenvalue weighted by Gasteiger charge is -2.19. The van der Waals surface area contributed by atoms with E-state index in [4.69, 9.17) is 0 Å². The maximum atomic E-state index is 13.2. The van der Waals surface area contributed by atoms with E-state index in [-0.39, 0.29) is 5.57 Å². The van der Waals surface area contributed by atoms with Crippen molar-refractivity contribution >= 4 is 5.78 Å². The largest absolute Gasteiger partial charge is 0.287 e. The van der Waals surface area contributed by atoms with Crippen molar-refractivity contribution in [2.75, 3.05) is 0 Å². The van der Waals surface area contributed by atoms with Gasteiger partial charge < -0.3 is 0 Å². The highest BCUT2D eigenvalue weighted by Crippen LogP contribution is 2.28. The van der Waals surface area contributed by atoms with Crippen LogP contribution < -0.4 is 0 Å². The third-order valence-electron chi connectivity index (χ3n) is 1.75. The highest BCUT2D eigenvalue weighted by atomic mass is 19.1. The zero-order valence-electron chi connectivity index (χ0n) is 6.32. The van der Waals surface area contributed by atoms with Gasteiger partial charge in [-0.1, -0.05) is 0 Å². The molecule has 0 saturated heterocycles. The van der Waals surface area contributed by atoms with E-state index >= 15 is 0 Å². The first kappa shape index (κ1) is 8.11. The molecule has 0 saturated carbocycles. The summed E-state index contributed by atoms with van der Waals surface area (Å²) in [5.74, 6) is -1.77. The molecular formula is C8H8F2O. The van der Waals surface area contributed by atoms with Gasteiger partial charge in [0, 0.05) is 0 Å². The van der Waals surface area contributed by atoms with Crippen LogP contribution in [-0.4, -0.2) is 11.5 Å². The van der Waals surface area contributed by atoms with Gasteiger partial charge in [0.25, 0.3) is 0 Å². The Morgan fingerprint density at radius 2 is 2.09 bits per heavy atom. The lowest BCUT2D eigenvalue weighted by molar-refractivity contribution is -0.113. The number of hydrogen-bond donors (Lipinski definition) is 0. The molecule has 1 unspecified atom stereocenters. The Balaban J connectivity index is 3.08. The molecule has 0 aromatic rings. The van der Waals surface area contributed by atoms with Crippen LogP contribution in [0.4, 0.5) is 8.78 Å². The summed E-state index contributed by atoms with van der Waals surface area (Å²) in [4.78, 5) is 10.6. The Bertz CT molecular complexity index is 261. The number of rotatable bonds is 0. The van der Waals surface area contributed by atoms with Crippen LogP contribution in [0.5, 0.6) is 0 Å². The highest BCUT2D eigenvalue weighted by Gasteiger charge is 2.29. The van der Waals surface area contributed by atoms with Crippen LogP contribution in [0.1, 0.15) is 13.8 Å². The molecule has 11 heavy (non-hydrogen) atoms. The molecule has 1 aliphatic carbocycles. The summed E-state index contributed by atoms with van der Waals surface area (Å²) >= 11 is 0. The SMILES string of the molecule is CC1=CC(=O)C(F)=CC1(C)F. The number of allylic oxidation sites excluding steroid dienone is 4. The van der Waals surface area contributed by atoms with Crippen LogP contribution in [0.25, 0.3) is 0 Å².